The first-order chi connectivity index (χ1) is 54.5. The highest BCUT2D eigenvalue weighted by Crippen LogP contribution is 2.22. The van der Waals surface area contributed by atoms with E-state index in [9.17, 15) is 57.8 Å². The number of nitrogens with zero attached hydrogens (tertiary/aromatic N) is 4. The predicted octanol–water partition coefficient (Wildman–Crippen LogP) is 0.670. The van der Waals surface area contributed by atoms with Gasteiger partial charge in [0.1, 0.15) is 77.6 Å². The summed E-state index contributed by atoms with van der Waals surface area (Å²) < 4.78 is 0. The molecule has 3 aromatic heterocycles. The molecule has 3 aromatic carbocycles. The molecule has 13 amide bonds. The van der Waals surface area contributed by atoms with Crippen molar-refractivity contribution in [2.75, 3.05) is 38.5 Å². The Balaban J connectivity index is 1.16. The molecule has 10 atom stereocenters. The number of amides is 13. The lowest BCUT2D eigenvalue weighted by atomic mass is 9.99. The molecule has 0 unspecified atom stereocenters. The summed E-state index contributed by atoms with van der Waals surface area (Å²) in [5, 5.41) is 53.3. The minimum absolute atomic E-state index is 0.0179. The van der Waals surface area contributed by atoms with Crippen molar-refractivity contribution in [2.24, 2.45) is 17.4 Å². The van der Waals surface area contributed by atoms with Crippen LogP contribution in [-0.4, -0.2) is 201 Å². The van der Waals surface area contributed by atoms with Crippen LogP contribution in [0.15, 0.2) is 134 Å². The van der Waals surface area contributed by atoms with Crippen LogP contribution in [0.25, 0.3) is 10.8 Å². The number of likely N-dealkylation sites (tertiary alicyclic amines) is 1. The summed E-state index contributed by atoms with van der Waals surface area (Å²) in [7, 11) is 0. The summed E-state index contributed by atoms with van der Waals surface area (Å²) in [6.45, 7) is 5.41. The molecule has 0 aliphatic carbocycles. The molecule has 114 heavy (non-hydrogen) atoms. The maximum absolute atomic E-state index is 15.2. The molecule has 7 rings (SSSR count). The summed E-state index contributed by atoms with van der Waals surface area (Å²) in [4.78, 5) is 197. The lowest BCUT2D eigenvalue weighted by Crippen LogP contribution is -2.61. The number of anilines is 1. The average Bonchev–Trinajstić information content (AvgIpc) is 1.51. The van der Waals surface area contributed by atoms with Gasteiger partial charge in [0, 0.05) is 76.0 Å². The summed E-state index contributed by atoms with van der Waals surface area (Å²) in [5.74, 6) is -10.7. The highest BCUT2D eigenvalue weighted by molar-refractivity contribution is 6.30. The number of benzene rings is 3. The van der Waals surface area contributed by atoms with Gasteiger partial charge in [-0.2, -0.15) is 0 Å². The SMILES string of the molecule is CC(=O)N[C@H](Cc1ccc2ccccc2c1)C(=O)N[C@H](Cc1ccc(Cl)cc1)C(=O)N[C@H](Cc1cccnc1)C(=O)N[C@@H](CO)C(=O)N[C@@H](CCCCNC(=O)c1ccccn1)C(=O)N[C@H](CCCCNC(=O)c1cccc(N)n1)C(=O)N[C@@H](CC(C)C)C(=O)N[C@@H](CCCNC(=N)N)C(=O)N1CCC[C@H]1C(=O)N[C@H](C)C(N)=O. The number of pyridine rings is 3. The number of aliphatic hydroxyl groups excluding tert-OH is 1. The number of guanidine groups is 1. The number of rotatable bonds is 44. The lowest BCUT2D eigenvalue weighted by molar-refractivity contribution is -0.142. The van der Waals surface area contributed by atoms with Gasteiger partial charge in [0.2, 0.25) is 65.0 Å². The number of nitrogen functional groups attached to an aromatic ring is 1. The molecular formula is C79H103ClN20O14. The second kappa shape index (κ2) is 45.3. The van der Waals surface area contributed by atoms with Crippen LogP contribution < -0.4 is 81.0 Å². The molecule has 1 aliphatic rings. The number of fused-ring (bicyclic) bond motifs is 1. The van der Waals surface area contributed by atoms with Crippen LogP contribution in [0.2, 0.25) is 5.02 Å². The topological polar surface area (TPSA) is 530 Å². The Morgan fingerprint density at radius 1 is 0.526 bits per heavy atom. The molecule has 1 aliphatic heterocycles. The number of aromatic nitrogens is 3. The Kier molecular flexibility index (Phi) is 35.4. The van der Waals surface area contributed by atoms with Crippen molar-refractivity contribution < 1.29 is 67.4 Å². The van der Waals surface area contributed by atoms with E-state index in [1.807, 2.05) is 42.5 Å². The van der Waals surface area contributed by atoms with E-state index in [0.29, 0.717) is 28.1 Å². The van der Waals surface area contributed by atoms with Crippen molar-refractivity contribution in [3.05, 3.63) is 167 Å². The summed E-state index contributed by atoms with van der Waals surface area (Å²) in [6.07, 6.45) is 4.95. The molecule has 20 N–H and O–H groups in total. The Morgan fingerprint density at radius 3 is 1.62 bits per heavy atom. The largest absolute Gasteiger partial charge is 0.394 e. The number of hydrogen-bond donors (Lipinski definition) is 17. The molecule has 1 saturated heterocycles. The fourth-order valence-electron chi connectivity index (χ4n) is 12.7. The third-order valence-electron chi connectivity index (χ3n) is 18.7. The minimum atomic E-state index is -1.86. The smallest absolute Gasteiger partial charge is 0.269 e. The predicted molar refractivity (Wildman–Crippen MR) is 424 cm³/mol. The van der Waals surface area contributed by atoms with Gasteiger partial charge in [-0.25, -0.2) is 4.98 Å². The number of halogens is 1. The first-order valence-corrected chi connectivity index (χ1v) is 38.2. The molecular weight excluding hydrogens is 1490 g/mol. The molecule has 0 spiro atoms. The van der Waals surface area contributed by atoms with Crippen molar-refractivity contribution >= 4 is 111 Å². The third-order valence-corrected chi connectivity index (χ3v) is 18.9. The molecule has 610 valence electrons. The van der Waals surface area contributed by atoms with Crippen LogP contribution in [0.5, 0.6) is 0 Å². The van der Waals surface area contributed by atoms with Crippen LogP contribution in [0.4, 0.5) is 5.82 Å². The zero-order valence-electron chi connectivity index (χ0n) is 64.1. The number of primary amides is 1. The number of carbonyl (C=O) groups is 13. The Bertz CT molecular complexity index is 4320. The van der Waals surface area contributed by atoms with Gasteiger partial charge >= 0.3 is 0 Å². The first kappa shape index (κ1) is 89.0. The van der Waals surface area contributed by atoms with Crippen LogP contribution in [-0.2, 0) is 72.0 Å². The number of aliphatic hydroxyl groups is 1. The van der Waals surface area contributed by atoms with Gasteiger partial charge < -0.3 is 91.0 Å². The molecule has 6 aromatic rings. The van der Waals surface area contributed by atoms with Crippen LogP contribution in [0.1, 0.15) is 136 Å². The normalized spacial score (nSPS) is 14.8. The molecule has 35 heteroatoms. The number of hydrogen-bond acceptors (Lipinski definition) is 19. The van der Waals surface area contributed by atoms with Crippen molar-refractivity contribution in [3.63, 3.8) is 0 Å². The monoisotopic (exact) mass is 1590 g/mol. The van der Waals surface area contributed by atoms with Crippen molar-refractivity contribution in [3.8, 4) is 0 Å². The van der Waals surface area contributed by atoms with Crippen molar-refractivity contribution in [2.45, 2.75) is 178 Å². The highest BCUT2D eigenvalue weighted by Gasteiger charge is 2.40. The summed E-state index contributed by atoms with van der Waals surface area (Å²) in [5.41, 5.74) is 18.6. The standard InChI is InChI=1S/C79H103ClN20O14/c1-46(2)39-60(72(108)95-59(24-15-37-89-79(83)84)78(114)100-38-16-25-65(100)77(113)90-47(3)67(82)103)96-71(107)58(22-9-12-36-88-69(105)56-23-13-26-66(81)92-56)93-70(106)57(21-8-11-35-87-68(104)55-20-7-10-34-86-55)94-76(112)64(45-101)99-75(111)63(43-51-17-14-33-85-44-51)98-74(110)62(41-49-28-31-54(80)32-29-49)97-73(109)61(91-48(4)102)42-50-27-30-52-18-5-6-19-53(52)40-50/h5-7,10,13-14,17-20,23,26-34,40,44,46-47,57-65,101H,8-9,11-12,15-16,21-22,24-25,35-39,41-43,45H2,1-4H3,(H2,81,92)(H2,82,103)(H,87,104)(H,88,105)(H,90,113)(H,91,102)(H,93,106)(H,94,112)(H,95,108)(H,96,107)(H,97,109)(H,98,110)(H,99,111)(H4,83,84,89)/t47-,57+,58-,59+,60+,61-,62-,63-,64+,65+/m1/s1. The summed E-state index contributed by atoms with van der Waals surface area (Å²) >= 11 is 6.26. The van der Waals surface area contributed by atoms with Crippen LogP contribution in [0, 0.1) is 11.3 Å². The average molecular weight is 1590 g/mol. The van der Waals surface area contributed by atoms with E-state index < -0.39 is 144 Å². The quantitative estimate of drug-likeness (QED) is 0.0142. The van der Waals surface area contributed by atoms with Crippen molar-refractivity contribution in [1.29, 1.82) is 5.41 Å². The van der Waals surface area contributed by atoms with E-state index in [2.05, 4.69) is 78.8 Å². The molecule has 0 saturated carbocycles. The zero-order chi connectivity index (χ0) is 82.8. The fourth-order valence-corrected chi connectivity index (χ4v) is 12.8. The van der Waals surface area contributed by atoms with Gasteiger partial charge in [-0.3, -0.25) is 77.7 Å². The van der Waals surface area contributed by atoms with Crippen molar-refractivity contribution in [1.82, 2.24) is 83.7 Å². The maximum atomic E-state index is 15.2. The van der Waals surface area contributed by atoms with Gasteiger partial charge in [-0.1, -0.05) is 98.2 Å². The Labute approximate surface area is 665 Å². The Hall–Kier alpha value is -12.2. The van der Waals surface area contributed by atoms with E-state index >= 15 is 9.59 Å². The lowest BCUT2D eigenvalue weighted by Gasteiger charge is -2.31. The maximum Gasteiger partial charge on any atom is 0.269 e. The first-order valence-electron chi connectivity index (χ1n) is 37.9. The highest BCUT2D eigenvalue weighted by atomic mass is 35.5. The van der Waals surface area contributed by atoms with E-state index in [1.54, 1.807) is 68.4 Å². The minimum Gasteiger partial charge on any atom is -0.394 e. The Morgan fingerprint density at radius 2 is 1.04 bits per heavy atom. The number of carbonyl (C=O) groups excluding carboxylic acids is 13. The number of nitrogens with two attached hydrogens (primary N) is 3. The molecule has 0 bridgehead atoms. The van der Waals surface area contributed by atoms with Gasteiger partial charge in [-0.05, 0) is 153 Å². The molecule has 0 radical (unpaired) electrons. The third kappa shape index (κ3) is 29.2. The number of nitrogens with one attached hydrogen (secondary N) is 13. The van der Waals surface area contributed by atoms with Crippen LogP contribution in [0.3, 0.4) is 0 Å². The van der Waals surface area contributed by atoms with E-state index in [1.165, 1.54) is 55.5 Å². The van der Waals surface area contributed by atoms with Gasteiger partial charge in [0.15, 0.2) is 5.96 Å². The van der Waals surface area contributed by atoms with Gasteiger partial charge in [0.05, 0.1) is 6.61 Å². The zero-order valence-corrected chi connectivity index (χ0v) is 64.9. The van der Waals surface area contributed by atoms with E-state index in [-0.39, 0.29) is 139 Å². The van der Waals surface area contributed by atoms with E-state index in [4.69, 9.17) is 34.2 Å². The van der Waals surface area contributed by atoms with Gasteiger partial charge in [-0.15, -0.1) is 0 Å². The second-order valence-electron chi connectivity index (χ2n) is 28.2. The summed E-state index contributed by atoms with van der Waals surface area (Å²) in [6, 6.07) is 18.1. The fraction of sp³-hybridized carbons (Fsp3) is 0.430. The molecule has 1 fully saturated rings. The van der Waals surface area contributed by atoms with Crippen LogP contribution >= 0.6 is 11.6 Å². The number of unbranched alkanes of at least 4 members (excludes halogenated alkanes) is 2. The second-order valence-corrected chi connectivity index (χ2v) is 28.7. The van der Waals surface area contributed by atoms with Gasteiger partial charge in [0.25, 0.3) is 11.8 Å². The van der Waals surface area contributed by atoms with E-state index in [0.717, 1.165) is 10.8 Å². The molecule has 34 nitrogen and oxygen atoms in total. The molecule has 4 heterocycles.